The monoisotopic (exact) mass is 454 g/mol. The molecule has 0 atom stereocenters. The predicted octanol–water partition coefficient (Wildman–Crippen LogP) is 4.81. The zero-order valence-electron chi connectivity index (χ0n) is 16.4. The predicted molar refractivity (Wildman–Crippen MR) is 117 cm³/mol. The normalized spacial score (nSPS) is 10.7. The van der Waals surface area contributed by atoms with Gasteiger partial charge in [-0.2, -0.15) is 0 Å². The van der Waals surface area contributed by atoms with Gasteiger partial charge in [0, 0.05) is 21.4 Å². The van der Waals surface area contributed by atoms with E-state index in [9.17, 15) is 9.59 Å². The van der Waals surface area contributed by atoms with Crippen LogP contribution >= 0.6 is 15.9 Å². The molecule has 2 aromatic carbocycles. The maximum Gasteiger partial charge on any atom is 0.306 e. The first-order chi connectivity index (χ1) is 13.9. The number of ether oxygens (including phenoxy) is 1. The van der Waals surface area contributed by atoms with E-state index in [1.807, 2.05) is 49.4 Å². The minimum absolute atomic E-state index is 0.216. The van der Waals surface area contributed by atoms with Crippen LogP contribution in [-0.2, 0) is 16.0 Å². The first kappa shape index (κ1) is 20.9. The molecule has 3 aromatic rings. The van der Waals surface area contributed by atoms with Gasteiger partial charge >= 0.3 is 5.97 Å². The van der Waals surface area contributed by atoms with Crippen molar-refractivity contribution in [3.63, 3.8) is 0 Å². The minimum atomic E-state index is -0.456. The molecule has 150 valence electrons. The van der Waals surface area contributed by atoms with Crippen molar-refractivity contribution in [3.8, 4) is 16.9 Å². The summed E-state index contributed by atoms with van der Waals surface area (Å²) in [6.07, 6.45) is 0.850. The Hall–Kier alpha value is -2.86. The molecule has 0 fully saturated rings. The van der Waals surface area contributed by atoms with Crippen LogP contribution in [0.2, 0.25) is 0 Å². The van der Waals surface area contributed by atoms with Crippen molar-refractivity contribution in [1.29, 1.82) is 0 Å². The third kappa shape index (κ3) is 4.77. The summed E-state index contributed by atoms with van der Waals surface area (Å²) in [6, 6.07) is 17.6. The molecule has 0 aliphatic heterocycles. The highest BCUT2D eigenvalue weighted by Crippen LogP contribution is 2.30. The van der Waals surface area contributed by atoms with Crippen molar-refractivity contribution in [2.45, 2.75) is 26.7 Å². The molecule has 0 saturated carbocycles. The van der Waals surface area contributed by atoms with E-state index in [1.165, 1.54) is 0 Å². The van der Waals surface area contributed by atoms with Gasteiger partial charge in [-0.25, -0.2) is 0 Å². The highest BCUT2D eigenvalue weighted by molar-refractivity contribution is 9.10. The lowest BCUT2D eigenvalue weighted by Gasteiger charge is -2.17. The summed E-state index contributed by atoms with van der Waals surface area (Å²) in [5.41, 5.74) is 10.8. The topological polar surface area (TPSA) is 74.3 Å². The Labute approximate surface area is 178 Å². The summed E-state index contributed by atoms with van der Waals surface area (Å²) in [5.74, 6) is -0.672. The van der Waals surface area contributed by atoms with Gasteiger partial charge in [0.15, 0.2) is 0 Å². The van der Waals surface area contributed by atoms with E-state index >= 15 is 0 Å². The molecule has 2 N–H and O–H groups in total. The van der Waals surface area contributed by atoms with E-state index in [1.54, 1.807) is 19.1 Å². The fourth-order valence-corrected chi connectivity index (χ4v) is 3.59. The molecule has 0 aliphatic rings. The number of hydrogen-bond acceptors (Lipinski definition) is 3. The fraction of sp³-hybridized carbons (Fsp3) is 0.217. The summed E-state index contributed by atoms with van der Waals surface area (Å²) < 4.78 is 8.21. The van der Waals surface area contributed by atoms with Crippen LogP contribution in [0, 0.1) is 6.92 Å². The second-order valence-corrected chi connectivity index (χ2v) is 7.64. The van der Waals surface area contributed by atoms with Gasteiger partial charge < -0.3 is 15.0 Å². The second kappa shape index (κ2) is 9.09. The fourth-order valence-electron chi connectivity index (χ4n) is 3.33. The van der Waals surface area contributed by atoms with Gasteiger partial charge in [-0.3, -0.25) is 9.59 Å². The zero-order chi connectivity index (χ0) is 21.0. The van der Waals surface area contributed by atoms with Crippen LogP contribution in [0.5, 0.6) is 0 Å². The summed E-state index contributed by atoms with van der Waals surface area (Å²) in [7, 11) is 0. The molecule has 0 aliphatic carbocycles. The van der Waals surface area contributed by atoms with Crippen molar-refractivity contribution in [3.05, 3.63) is 75.9 Å². The number of nitrogens with zero attached hydrogens (tertiary/aromatic N) is 1. The van der Waals surface area contributed by atoms with Gasteiger partial charge in [0.05, 0.1) is 18.7 Å². The van der Waals surface area contributed by atoms with E-state index in [-0.39, 0.29) is 5.97 Å². The lowest BCUT2D eigenvalue weighted by atomic mass is 10.1. The number of carbonyl (C=O) groups excluding carboxylic acids is 2. The number of aromatic nitrogens is 1. The summed E-state index contributed by atoms with van der Waals surface area (Å²) in [6.45, 7) is 4.12. The lowest BCUT2D eigenvalue weighted by Crippen LogP contribution is -2.12. The number of carbonyl (C=O) groups is 2. The summed E-state index contributed by atoms with van der Waals surface area (Å²) in [4.78, 5) is 23.4. The minimum Gasteiger partial charge on any atom is -0.466 e. The maximum atomic E-state index is 11.9. The summed E-state index contributed by atoms with van der Waals surface area (Å²) in [5, 5.41) is 0. The quantitative estimate of drug-likeness (QED) is 0.520. The molecule has 1 heterocycles. The first-order valence-electron chi connectivity index (χ1n) is 9.43. The van der Waals surface area contributed by atoms with Crippen molar-refractivity contribution in [2.75, 3.05) is 6.61 Å². The van der Waals surface area contributed by atoms with E-state index < -0.39 is 5.91 Å². The standard InChI is InChI=1S/C23H23BrN2O3/c1-3-29-22(27)13-10-19-9-12-21(16-4-7-18(24)8-5-16)26(19)20-11-6-17(23(25)28)14-15(20)2/h4-9,11-12,14H,3,10,13H2,1-2H3,(H2,25,28). The zero-order valence-corrected chi connectivity index (χ0v) is 18.0. The molecule has 0 spiro atoms. The van der Waals surface area contributed by atoms with E-state index in [0.29, 0.717) is 25.0 Å². The van der Waals surface area contributed by atoms with Crippen LogP contribution in [0.3, 0.4) is 0 Å². The number of halogens is 1. The Kier molecular flexibility index (Phi) is 6.54. The van der Waals surface area contributed by atoms with Gasteiger partial charge in [-0.15, -0.1) is 0 Å². The third-order valence-corrected chi connectivity index (χ3v) is 5.24. The smallest absolute Gasteiger partial charge is 0.306 e. The SMILES string of the molecule is CCOC(=O)CCc1ccc(-c2ccc(Br)cc2)n1-c1ccc(C(N)=O)cc1C. The Bertz CT molecular complexity index is 1040. The Morgan fingerprint density at radius 2 is 1.79 bits per heavy atom. The molecular weight excluding hydrogens is 432 g/mol. The van der Waals surface area contributed by atoms with Crippen LogP contribution in [0.1, 0.15) is 35.0 Å². The number of amides is 1. The molecule has 1 amide bonds. The van der Waals surface area contributed by atoms with Crippen molar-refractivity contribution in [2.24, 2.45) is 5.73 Å². The molecule has 5 nitrogen and oxygen atoms in total. The van der Waals surface area contributed by atoms with Crippen molar-refractivity contribution >= 4 is 27.8 Å². The molecule has 3 rings (SSSR count). The summed E-state index contributed by atoms with van der Waals surface area (Å²) >= 11 is 3.47. The van der Waals surface area contributed by atoms with Gasteiger partial charge in [-0.1, -0.05) is 28.1 Å². The van der Waals surface area contributed by atoms with E-state index in [2.05, 4.69) is 20.5 Å². The Balaban J connectivity index is 2.08. The molecule has 6 heteroatoms. The van der Waals surface area contributed by atoms with Gasteiger partial charge in [0.2, 0.25) is 5.91 Å². The number of hydrogen-bond donors (Lipinski definition) is 1. The van der Waals surface area contributed by atoms with E-state index in [0.717, 1.165) is 32.7 Å². The number of primary amides is 1. The second-order valence-electron chi connectivity index (χ2n) is 6.72. The number of nitrogens with two attached hydrogens (primary N) is 1. The number of benzene rings is 2. The third-order valence-electron chi connectivity index (χ3n) is 4.71. The maximum absolute atomic E-state index is 11.9. The van der Waals surface area contributed by atoms with Crippen LogP contribution < -0.4 is 5.73 Å². The average molecular weight is 455 g/mol. The number of rotatable bonds is 7. The van der Waals surface area contributed by atoms with Crippen LogP contribution in [0.25, 0.3) is 16.9 Å². The number of esters is 1. The molecule has 0 bridgehead atoms. The Morgan fingerprint density at radius 3 is 2.41 bits per heavy atom. The highest BCUT2D eigenvalue weighted by atomic mass is 79.9. The molecule has 29 heavy (non-hydrogen) atoms. The molecule has 0 saturated heterocycles. The first-order valence-corrected chi connectivity index (χ1v) is 10.2. The van der Waals surface area contributed by atoms with Crippen LogP contribution in [-0.4, -0.2) is 23.1 Å². The largest absolute Gasteiger partial charge is 0.466 e. The lowest BCUT2D eigenvalue weighted by molar-refractivity contribution is -0.143. The number of aryl methyl sites for hydroxylation is 2. The molecular formula is C23H23BrN2O3. The van der Waals surface area contributed by atoms with Crippen molar-refractivity contribution in [1.82, 2.24) is 4.57 Å². The van der Waals surface area contributed by atoms with Crippen LogP contribution in [0.4, 0.5) is 0 Å². The molecule has 1 aromatic heterocycles. The average Bonchev–Trinajstić information content (AvgIpc) is 3.10. The van der Waals surface area contributed by atoms with E-state index in [4.69, 9.17) is 10.5 Å². The van der Waals surface area contributed by atoms with Gasteiger partial charge in [0.25, 0.3) is 0 Å². The molecule has 0 radical (unpaired) electrons. The van der Waals surface area contributed by atoms with Crippen LogP contribution in [0.15, 0.2) is 59.1 Å². The van der Waals surface area contributed by atoms with Crippen molar-refractivity contribution < 1.29 is 14.3 Å². The highest BCUT2D eigenvalue weighted by Gasteiger charge is 2.16. The van der Waals surface area contributed by atoms with Gasteiger partial charge in [-0.05, 0) is 73.9 Å². The Morgan fingerprint density at radius 1 is 1.07 bits per heavy atom. The molecule has 0 unspecified atom stereocenters. The van der Waals surface area contributed by atoms with Gasteiger partial charge in [0.1, 0.15) is 0 Å².